The maximum Gasteiger partial charge on any atom is 0.225 e. The molecule has 1 unspecified atom stereocenters. The Morgan fingerprint density at radius 1 is 1.14 bits per heavy atom. The van der Waals surface area contributed by atoms with Gasteiger partial charge in [-0.15, -0.1) is 0 Å². The summed E-state index contributed by atoms with van der Waals surface area (Å²) < 4.78 is 13.3. The lowest BCUT2D eigenvalue weighted by Crippen LogP contribution is -2.51. The van der Waals surface area contributed by atoms with Crippen molar-refractivity contribution in [3.63, 3.8) is 0 Å². The number of nitrogens with zero attached hydrogens (tertiary/aromatic N) is 3. The minimum atomic E-state index is -0.287. The number of hydrogen-bond donors (Lipinski definition) is 0. The van der Waals surface area contributed by atoms with E-state index in [4.69, 9.17) is 4.99 Å². The Kier molecular flexibility index (Phi) is 4.45. The number of thioether (sulfide) groups is 1. The number of anilines is 1. The van der Waals surface area contributed by atoms with Crippen LogP contribution in [0.4, 0.5) is 10.1 Å². The summed E-state index contributed by atoms with van der Waals surface area (Å²) in [6.07, 6.45) is 7.90. The quantitative estimate of drug-likeness (QED) is 0.748. The molecule has 1 aliphatic heterocycles. The summed E-state index contributed by atoms with van der Waals surface area (Å²) in [4.78, 5) is 21.7. The van der Waals surface area contributed by atoms with Crippen molar-refractivity contribution in [3.05, 3.63) is 30.1 Å². The predicted octanol–water partition coefficient (Wildman–Crippen LogP) is 4.51. The molecule has 1 aromatic carbocycles. The summed E-state index contributed by atoms with van der Waals surface area (Å²) in [5.41, 5.74) is 0.874. The van der Waals surface area contributed by atoms with Crippen molar-refractivity contribution in [2.24, 2.45) is 22.7 Å². The molecule has 1 amide bonds. The highest BCUT2D eigenvalue weighted by Gasteiger charge is 2.51. The van der Waals surface area contributed by atoms with Gasteiger partial charge in [0.05, 0.1) is 5.54 Å². The van der Waals surface area contributed by atoms with Gasteiger partial charge in [-0.05, 0) is 80.5 Å². The molecule has 1 heterocycles. The van der Waals surface area contributed by atoms with Gasteiger partial charge in [-0.3, -0.25) is 14.7 Å². The highest BCUT2D eigenvalue weighted by Crippen LogP contribution is 2.57. The predicted molar refractivity (Wildman–Crippen MR) is 112 cm³/mol. The molecule has 5 fully saturated rings. The van der Waals surface area contributed by atoms with Crippen LogP contribution in [0.15, 0.2) is 29.3 Å². The third-order valence-electron chi connectivity index (χ3n) is 7.19. The lowest BCUT2D eigenvalue weighted by molar-refractivity contribution is -0.117. The minimum absolute atomic E-state index is 0.0277. The van der Waals surface area contributed by atoms with E-state index in [1.807, 2.05) is 7.05 Å². The minimum Gasteiger partial charge on any atom is -0.333 e. The highest BCUT2D eigenvalue weighted by molar-refractivity contribution is 8.14. The molecule has 150 valence electrons. The van der Waals surface area contributed by atoms with E-state index in [9.17, 15) is 9.18 Å². The number of halogens is 1. The number of carbonyl (C=O) groups excluding carboxylic acids is 1. The summed E-state index contributed by atoms with van der Waals surface area (Å²) in [7, 11) is 2.05. The molecule has 0 spiro atoms. The first-order valence-corrected chi connectivity index (χ1v) is 11.4. The topological polar surface area (TPSA) is 35.9 Å². The zero-order valence-corrected chi connectivity index (χ0v) is 17.4. The monoisotopic (exact) mass is 401 g/mol. The fourth-order valence-electron chi connectivity index (χ4n) is 6.42. The van der Waals surface area contributed by atoms with Gasteiger partial charge in [-0.1, -0.05) is 11.8 Å². The molecule has 28 heavy (non-hydrogen) atoms. The molecule has 0 N–H and O–H groups in total. The number of rotatable bonds is 3. The van der Waals surface area contributed by atoms with Crippen molar-refractivity contribution in [2.75, 3.05) is 17.7 Å². The molecule has 4 bridgehead atoms. The molecule has 4 aliphatic carbocycles. The summed E-state index contributed by atoms with van der Waals surface area (Å²) in [5.74, 6) is 3.09. The standard InChI is InChI=1S/C22H28FN3OS/c1-14(27)26(19-5-3-18(23)4-6-19)20-13-28-21(25(20)2)24-22-10-15-7-16(11-22)9-17(8-15)12-22/h3-6,15-17,20H,7-13H2,1-2H3. The molecule has 4 saturated carbocycles. The van der Waals surface area contributed by atoms with Crippen LogP contribution in [-0.4, -0.2) is 40.5 Å². The van der Waals surface area contributed by atoms with E-state index in [0.717, 1.165) is 34.4 Å². The van der Waals surface area contributed by atoms with Gasteiger partial charge in [0.25, 0.3) is 0 Å². The SMILES string of the molecule is CC(=O)N(c1ccc(F)cc1)C1CSC(=NC23CC4CC(CC(C4)C2)C3)N1C. The largest absolute Gasteiger partial charge is 0.333 e. The van der Waals surface area contributed by atoms with Crippen molar-refractivity contribution in [3.8, 4) is 0 Å². The van der Waals surface area contributed by atoms with E-state index >= 15 is 0 Å². The van der Waals surface area contributed by atoms with Crippen molar-refractivity contribution in [1.82, 2.24) is 4.90 Å². The second-order valence-corrected chi connectivity index (χ2v) is 10.3. The molecule has 4 nitrogen and oxygen atoms in total. The number of amides is 1. The normalized spacial score (nSPS) is 37.7. The molecule has 1 saturated heterocycles. The Morgan fingerprint density at radius 2 is 1.71 bits per heavy atom. The summed E-state index contributed by atoms with van der Waals surface area (Å²) in [6.45, 7) is 1.58. The fraction of sp³-hybridized carbons (Fsp3) is 0.636. The zero-order chi connectivity index (χ0) is 19.5. The number of aliphatic imine (C=N–C) groups is 1. The molecule has 6 heteroatoms. The van der Waals surface area contributed by atoms with E-state index < -0.39 is 0 Å². The molecular formula is C22H28FN3OS. The number of amidine groups is 1. The zero-order valence-electron chi connectivity index (χ0n) is 16.6. The number of benzene rings is 1. The molecule has 0 aromatic heterocycles. The fourth-order valence-corrected chi connectivity index (χ4v) is 7.67. The van der Waals surface area contributed by atoms with Crippen LogP contribution in [0.1, 0.15) is 45.4 Å². The van der Waals surface area contributed by atoms with Crippen molar-refractivity contribution >= 4 is 28.5 Å². The third kappa shape index (κ3) is 3.14. The van der Waals surface area contributed by atoms with E-state index in [1.54, 1.807) is 35.7 Å². The second-order valence-electron chi connectivity index (χ2n) is 9.30. The van der Waals surface area contributed by atoms with Crippen LogP contribution in [0, 0.1) is 23.6 Å². The lowest BCUT2D eigenvalue weighted by atomic mass is 9.53. The third-order valence-corrected chi connectivity index (χ3v) is 8.29. The maximum atomic E-state index is 13.3. The molecular weight excluding hydrogens is 373 g/mol. The van der Waals surface area contributed by atoms with Gasteiger partial charge in [0, 0.05) is 25.4 Å². The first kappa shape index (κ1) is 18.5. The Morgan fingerprint density at radius 3 is 2.25 bits per heavy atom. The van der Waals surface area contributed by atoms with Crippen LogP contribution in [0.25, 0.3) is 0 Å². The van der Waals surface area contributed by atoms with Crippen LogP contribution in [0.2, 0.25) is 0 Å². The molecule has 1 aromatic rings. The van der Waals surface area contributed by atoms with Crippen LogP contribution < -0.4 is 4.90 Å². The van der Waals surface area contributed by atoms with Crippen LogP contribution in [0.5, 0.6) is 0 Å². The van der Waals surface area contributed by atoms with E-state index in [2.05, 4.69) is 4.90 Å². The molecule has 6 rings (SSSR count). The summed E-state index contributed by atoms with van der Waals surface area (Å²) in [6, 6.07) is 6.20. The average Bonchev–Trinajstić information content (AvgIpc) is 2.95. The summed E-state index contributed by atoms with van der Waals surface area (Å²) in [5, 5.41) is 1.07. The molecule has 0 radical (unpaired) electrons. The maximum absolute atomic E-state index is 13.3. The van der Waals surface area contributed by atoms with Gasteiger partial charge < -0.3 is 4.90 Å². The second kappa shape index (κ2) is 6.75. The van der Waals surface area contributed by atoms with E-state index in [1.165, 1.54) is 50.7 Å². The lowest BCUT2D eigenvalue weighted by Gasteiger charge is -2.55. The average molecular weight is 402 g/mol. The van der Waals surface area contributed by atoms with Crippen LogP contribution in [-0.2, 0) is 4.79 Å². The highest BCUT2D eigenvalue weighted by atomic mass is 32.2. The first-order valence-electron chi connectivity index (χ1n) is 10.4. The smallest absolute Gasteiger partial charge is 0.225 e. The Balaban J connectivity index is 1.40. The van der Waals surface area contributed by atoms with E-state index in [0.29, 0.717) is 0 Å². The van der Waals surface area contributed by atoms with E-state index in [-0.39, 0.29) is 23.4 Å². The Labute approximate surface area is 170 Å². The van der Waals surface area contributed by atoms with Crippen molar-refractivity contribution in [1.29, 1.82) is 0 Å². The van der Waals surface area contributed by atoms with Gasteiger partial charge >= 0.3 is 0 Å². The summed E-state index contributed by atoms with van der Waals surface area (Å²) >= 11 is 1.76. The Hall–Kier alpha value is -1.56. The van der Waals surface area contributed by atoms with Crippen LogP contribution in [0.3, 0.4) is 0 Å². The van der Waals surface area contributed by atoms with Crippen LogP contribution >= 0.6 is 11.8 Å². The van der Waals surface area contributed by atoms with Gasteiger partial charge in [0.2, 0.25) is 5.91 Å². The Bertz CT molecular complexity index is 773. The number of carbonyl (C=O) groups is 1. The first-order chi connectivity index (χ1) is 13.4. The van der Waals surface area contributed by atoms with Gasteiger partial charge in [-0.2, -0.15) is 0 Å². The molecule has 5 aliphatic rings. The van der Waals surface area contributed by atoms with Crippen molar-refractivity contribution in [2.45, 2.75) is 57.2 Å². The molecule has 1 atom stereocenters. The van der Waals surface area contributed by atoms with Gasteiger partial charge in [0.1, 0.15) is 12.0 Å². The van der Waals surface area contributed by atoms with Crippen molar-refractivity contribution < 1.29 is 9.18 Å². The van der Waals surface area contributed by atoms with Gasteiger partial charge in [-0.25, -0.2) is 4.39 Å². The van der Waals surface area contributed by atoms with Gasteiger partial charge in [0.15, 0.2) is 5.17 Å². The number of hydrogen-bond acceptors (Lipinski definition) is 3.